The van der Waals surface area contributed by atoms with E-state index in [1.807, 2.05) is 0 Å². The Kier molecular flexibility index (Phi) is 4.39. The first-order valence-corrected chi connectivity index (χ1v) is 6.05. The van der Waals surface area contributed by atoms with Gasteiger partial charge in [0.05, 0.1) is 0 Å². The van der Waals surface area contributed by atoms with Gasteiger partial charge in [-0.2, -0.15) is 0 Å². The van der Waals surface area contributed by atoms with Crippen LogP contribution in [0.5, 0.6) is 0 Å². The number of piperazine rings is 1. The molecule has 0 aromatic rings. The predicted molar refractivity (Wildman–Crippen MR) is 62.5 cm³/mol. The second kappa shape index (κ2) is 5.13. The molecule has 0 radical (unpaired) electrons. The minimum absolute atomic E-state index is 0.652. The Labute approximate surface area is 89.1 Å². The van der Waals surface area contributed by atoms with Crippen molar-refractivity contribution in [1.29, 1.82) is 0 Å². The van der Waals surface area contributed by atoms with Gasteiger partial charge in [0.25, 0.3) is 0 Å². The molecule has 1 aliphatic heterocycles. The summed E-state index contributed by atoms with van der Waals surface area (Å²) in [4.78, 5) is 2.69. The highest BCUT2D eigenvalue weighted by molar-refractivity contribution is 4.86. The maximum absolute atomic E-state index is 3.54. The summed E-state index contributed by atoms with van der Waals surface area (Å²) in [5, 5.41) is 3.54. The van der Waals surface area contributed by atoms with E-state index in [0.717, 1.165) is 18.5 Å². The summed E-state index contributed by atoms with van der Waals surface area (Å²) >= 11 is 0. The van der Waals surface area contributed by atoms with Crippen molar-refractivity contribution in [3.63, 3.8) is 0 Å². The standard InChI is InChI=1S/C12H26N2/c1-6-12(9(2)3)14-8-10(4)13-7-11(14)5/h9-13H,6-8H2,1-5H3. The fraction of sp³-hybridized carbons (Fsp3) is 1.00. The van der Waals surface area contributed by atoms with Crippen LogP contribution in [0.15, 0.2) is 0 Å². The van der Waals surface area contributed by atoms with Gasteiger partial charge in [0.1, 0.15) is 0 Å². The molecule has 1 fully saturated rings. The summed E-state index contributed by atoms with van der Waals surface area (Å²) < 4.78 is 0. The molecule has 1 saturated heterocycles. The molecule has 3 atom stereocenters. The highest BCUT2D eigenvalue weighted by Gasteiger charge is 2.29. The first-order chi connectivity index (χ1) is 6.56. The molecule has 0 aliphatic carbocycles. The van der Waals surface area contributed by atoms with Crippen molar-refractivity contribution >= 4 is 0 Å². The number of hydrogen-bond donors (Lipinski definition) is 1. The lowest BCUT2D eigenvalue weighted by Gasteiger charge is -2.44. The lowest BCUT2D eigenvalue weighted by atomic mass is 9.96. The summed E-state index contributed by atoms with van der Waals surface area (Å²) in [7, 11) is 0. The lowest BCUT2D eigenvalue weighted by molar-refractivity contribution is 0.0680. The molecular formula is C12H26N2. The third-order valence-corrected chi connectivity index (χ3v) is 3.43. The zero-order valence-corrected chi connectivity index (χ0v) is 10.4. The molecule has 2 heteroatoms. The fourth-order valence-electron chi connectivity index (χ4n) is 2.60. The number of nitrogens with zero attached hydrogens (tertiary/aromatic N) is 1. The van der Waals surface area contributed by atoms with E-state index < -0.39 is 0 Å². The Bertz CT molecular complexity index is 168. The van der Waals surface area contributed by atoms with E-state index in [2.05, 4.69) is 44.8 Å². The summed E-state index contributed by atoms with van der Waals surface area (Å²) in [6, 6.07) is 2.10. The second-order valence-corrected chi connectivity index (χ2v) is 5.07. The van der Waals surface area contributed by atoms with Crippen LogP contribution in [0.1, 0.15) is 41.0 Å². The van der Waals surface area contributed by atoms with Gasteiger partial charge in [0, 0.05) is 31.2 Å². The molecule has 0 saturated carbocycles. The fourth-order valence-corrected chi connectivity index (χ4v) is 2.60. The van der Waals surface area contributed by atoms with Gasteiger partial charge < -0.3 is 5.32 Å². The Morgan fingerprint density at radius 3 is 2.50 bits per heavy atom. The van der Waals surface area contributed by atoms with Crippen LogP contribution in [0.2, 0.25) is 0 Å². The molecule has 1 heterocycles. The van der Waals surface area contributed by atoms with Crippen molar-refractivity contribution in [2.75, 3.05) is 13.1 Å². The lowest BCUT2D eigenvalue weighted by Crippen LogP contribution is -2.58. The minimum Gasteiger partial charge on any atom is -0.311 e. The molecule has 14 heavy (non-hydrogen) atoms. The van der Waals surface area contributed by atoms with Gasteiger partial charge >= 0.3 is 0 Å². The quantitative estimate of drug-likeness (QED) is 0.747. The molecule has 0 aromatic heterocycles. The summed E-state index contributed by atoms with van der Waals surface area (Å²) in [5.41, 5.74) is 0. The largest absolute Gasteiger partial charge is 0.311 e. The van der Waals surface area contributed by atoms with Gasteiger partial charge in [-0.15, -0.1) is 0 Å². The predicted octanol–water partition coefficient (Wildman–Crippen LogP) is 2.10. The van der Waals surface area contributed by atoms with Gasteiger partial charge in [-0.25, -0.2) is 0 Å². The van der Waals surface area contributed by atoms with Gasteiger partial charge in [-0.3, -0.25) is 4.90 Å². The number of rotatable bonds is 3. The van der Waals surface area contributed by atoms with Crippen molar-refractivity contribution in [2.45, 2.75) is 59.2 Å². The van der Waals surface area contributed by atoms with Crippen molar-refractivity contribution < 1.29 is 0 Å². The van der Waals surface area contributed by atoms with E-state index in [-0.39, 0.29) is 0 Å². The van der Waals surface area contributed by atoms with Crippen LogP contribution in [0.25, 0.3) is 0 Å². The molecule has 0 spiro atoms. The zero-order valence-electron chi connectivity index (χ0n) is 10.4. The van der Waals surface area contributed by atoms with E-state index in [1.165, 1.54) is 13.0 Å². The summed E-state index contributed by atoms with van der Waals surface area (Å²) in [6.45, 7) is 14.0. The van der Waals surface area contributed by atoms with Crippen molar-refractivity contribution in [3.8, 4) is 0 Å². The molecular weight excluding hydrogens is 172 g/mol. The first-order valence-electron chi connectivity index (χ1n) is 6.05. The van der Waals surface area contributed by atoms with Crippen LogP contribution >= 0.6 is 0 Å². The van der Waals surface area contributed by atoms with Gasteiger partial charge in [0.2, 0.25) is 0 Å². The monoisotopic (exact) mass is 198 g/mol. The van der Waals surface area contributed by atoms with Crippen molar-refractivity contribution in [3.05, 3.63) is 0 Å². The molecule has 3 unspecified atom stereocenters. The van der Waals surface area contributed by atoms with Gasteiger partial charge in [0.15, 0.2) is 0 Å². The molecule has 1 aliphatic rings. The van der Waals surface area contributed by atoms with Crippen LogP contribution in [-0.2, 0) is 0 Å². The van der Waals surface area contributed by atoms with E-state index >= 15 is 0 Å². The van der Waals surface area contributed by atoms with Crippen LogP contribution in [-0.4, -0.2) is 36.1 Å². The van der Waals surface area contributed by atoms with E-state index in [0.29, 0.717) is 12.1 Å². The van der Waals surface area contributed by atoms with Crippen LogP contribution in [0.3, 0.4) is 0 Å². The molecule has 1 rings (SSSR count). The van der Waals surface area contributed by atoms with Gasteiger partial charge in [-0.05, 0) is 26.2 Å². The molecule has 0 amide bonds. The average Bonchev–Trinajstić information content (AvgIpc) is 2.11. The molecule has 0 bridgehead atoms. The number of hydrogen-bond acceptors (Lipinski definition) is 2. The SMILES string of the molecule is CCC(C(C)C)N1CC(C)NCC1C. The molecule has 84 valence electrons. The minimum atomic E-state index is 0.652. The van der Waals surface area contributed by atoms with E-state index in [1.54, 1.807) is 0 Å². The highest BCUT2D eigenvalue weighted by Crippen LogP contribution is 2.19. The van der Waals surface area contributed by atoms with Crippen LogP contribution in [0.4, 0.5) is 0 Å². The van der Waals surface area contributed by atoms with E-state index in [4.69, 9.17) is 0 Å². The maximum Gasteiger partial charge on any atom is 0.0196 e. The summed E-state index contributed by atoms with van der Waals surface area (Å²) in [5.74, 6) is 0.771. The topological polar surface area (TPSA) is 15.3 Å². The molecule has 1 N–H and O–H groups in total. The van der Waals surface area contributed by atoms with Gasteiger partial charge in [-0.1, -0.05) is 20.8 Å². The second-order valence-electron chi connectivity index (χ2n) is 5.07. The zero-order chi connectivity index (χ0) is 10.7. The Hall–Kier alpha value is -0.0800. The Morgan fingerprint density at radius 1 is 1.36 bits per heavy atom. The Morgan fingerprint density at radius 2 is 2.00 bits per heavy atom. The Balaban J connectivity index is 2.62. The first kappa shape index (κ1) is 12.0. The third-order valence-electron chi connectivity index (χ3n) is 3.43. The third kappa shape index (κ3) is 2.71. The van der Waals surface area contributed by atoms with Crippen LogP contribution < -0.4 is 5.32 Å². The average molecular weight is 198 g/mol. The normalized spacial score (nSPS) is 32.1. The highest BCUT2D eigenvalue weighted by atomic mass is 15.2. The van der Waals surface area contributed by atoms with E-state index in [9.17, 15) is 0 Å². The molecule has 2 nitrogen and oxygen atoms in total. The van der Waals surface area contributed by atoms with Crippen LogP contribution in [0, 0.1) is 5.92 Å². The van der Waals surface area contributed by atoms with Crippen molar-refractivity contribution in [2.24, 2.45) is 5.92 Å². The number of nitrogens with one attached hydrogen (secondary N) is 1. The maximum atomic E-state index is 3.54. The van der Waals surface area contributed by atoms with Crippen molar-refractivity contribution in [1.82, 2.24) is 10.2 Å². The smallest absolute Gasteiger partial charge is 0.0196 e. The summed E-state index contributed by atoms with van der Waals surface area (Å²) in [6.07, 6.45) is 1.27. The molecule has 0 aromatic carbocycles.